The zero-order valence-electron chi connectivity index (χ0n) is 5.24. The van der Waals surface area contributed by atoms with Gasteiger partial charge in [0.05, 0.1) is 10.0 Å². The summed E-state index contributed by atoms with van der Waals surface area (Å²) in [4.78, 5) is 0. The van der Waals surface area contributed by atoms with E-state index in [-0.39, 0.29) is 0 Å². The van der Waals surface area contributed by atoms with E-state index in [1.807, 2.05) is 6.07 Å². The SMILES string of the molecule is N#Cc1ccc(Br)c(Br)c1Br. The maximum Gasteiger partial charge on any atom is 0.100 e. The summed E-state index contributed by atoms with van der Waals surface area (Å²) in [6, 6.07) is 5.64. The van der Waals surface area contributed by atoms with Gasteiger partial charge >= 0.3 is 0 Å². The molecule has 0 radical (unpaired) electrons. The minimum atomic E-state index is 0.625. The van der Waals surface area contributed by atoms with Crippen LogP contribution in [0.2, 0.25) is 0 Å². The maximum absolute atomic E-state index is 8.62. The molecular weight excluding hydrogens is 338 g/mol. The topological polar surface area (TPSA) is 23.8 Å². The normalized spacial score (nSPS) is 9.27. The quantitative estimate of drug-likeness (QED) is 0.659. The van der Waals surface area contributed by atoms with Crippen molar-refractivity contribution < 1.29 is 0 Å². The van der Waals surface area contributed by atoms with Crippen LogP contribution in [0.15, 0.2) is 25.6 Å². The lowest BCUT2D eigenvalue weighted by Crippen LogP contribution is -1.79. The number of nitrogens with zero attached hydrogens (tertiary/aromatic N) is 1. The van der Waals surface area contributed by atoms with Crippen LogP contribution >= 0.6 is 47.8 Å². The third kappa shape index (κ3) is 1.84. The molecule has 0 aliphatic carbocycles. The van der Waals surface area contributed by atoms with Crippen LogP contribution in [-0.2, 0) is 0 Å². The van der Waals surface area contributed by atoms with E-state index in [9.17, 15) is 0 Å². The van der Waals surface area contributed by atoms with Gasteiger partial charge in [0.15, 0.2) is 0 Å². The predicted molar refractivity (Wildman–Crippen MR) is 54.3 cm³/mol. The Balaban J connectivity index is 3.40. The highest BCUT2D eigenvalue weighted by atomic mass is 79.9. The summed E-state index contributed by atoms with van der Waals surface area (Å²) in [6.07, 6.45) is 0. The summed E-state index contributed by atoms with van der Waals surface area (Å²) in [7, 11) is 0. The van der Waals surface area contributed by atoms with E-state index in [0.717, 1.165) is 13.4 Å². The molecule has 0 N–H and O–H groups in total. The van der Waals surface area contributed by atoms with Crippen LogP contribution in [0.1, 0.15) is 5.56 Å². The van der Waals surface area contributed by atoms with Gasteiger partial charge in [-0.2, -0.15) is 5.26 Å². The first-order valence-electron chi connectivity index (χ1n) is 2.70. The highest BCUT2D eigenvalue weighted by molar-refractivity contribution is 9.14. The lowest BCUT2D eigenvalue weighted by molar-refractivity contribution is 1.43. The zero-order valence-corrected chi connectivity index (χ0v) is 9.99. The molecule has 1 aromatic carbocycles. The minimum Gasteiger partial charge on any atom is -0.192 e. The third-order valence-electron chi connectivity index (χ3n) is 1.16. The summed E-state index contributed by atoms with van der Waals surface area (Å²) in [6.45, 7) is 0. The Hall–Kier alpha value is 0.150. The molecule has 11 heavy (non-hydrogen) atoms. The van der Waals surface area contributed by atoms with E-state index < -0.39 is 0 Å². The summed E-state index contributed by atoms with van der Waals surface area (Å²) >= 11 is 9.94. The molecule has 1 nitrogen and oxygen atoms in total. The first-order chi connectivity index (χ1) is 5.16. The van der Waals surface area contributed by atoms with Gasteiger partial charge in [0.1, 0.15) is 6.07 Å². The molecule has 0 aromatic heterocycles. The van der Waals surface area contributed by atoms with Crippen molar-refractivity contribution in [1.29, 1.82) is 5.26 Å². The van der Waals surface area contributed by atoms with Gasteiger partial charge in [0.25, 0.3) is 0 Å². The fraction of sp³-hybridized carbons (Fsp3) is 0. The predicted octanol–water partition coefficient (Wildman–Crippen LogP) is 3.85. The monoisotopic (exact) mass is 337 g/mol. The zero-order chi connectivity index (χ0) is 8.43. The Labute approximate surface area is 89.8 Å². The Kier molecular flexibility index (Phi) is 3.11. The lowest BCUT2D eigenvalue weighted by atomic mass is 10.2. The van der Waals surface area contributed by atoms with Gasteiger partial charge in [-0.15, -0.1) is 0 Å². The van der Waals surface area contributed by atoms with Crippen molar-refractivity contribution in [2.75, 3.05) is 0 Å². The first-order valence-corrected chi connectivity index (χ1v) is 5.08. The molecule has 1 rings (SSSR count). The molecule has 0 saturated heterocycles. The molecule has 0 spiro atoms. The minimum absolute atomic E-state index is 0.625. The van der Waals surface area contributed by atoms with Crippen molar-refractivity contribution in [3.63, 3.8) is 0 Å². The Morgan fingerprint density at radius 1 is 1.09 bits per heavy atom. The Bertz CT molecular complexity index is 327. The number of rotatable bonds is 0. The average Bonchev–Trinajstić information content (AvgIpc) is 2.01. The van der Waals surface area contributed by atoms with Gasteiger partial charge in [-0.25, -0.2) is 0 Å². The van der Waals surface area contributed by atoms with Crippen molar-refractivity contribution >= 4 is 47.8 Å². The highest BCUT2D eigenvalue weighted by Gasteiger charge is 2.05. The molecular formula is C7H2Br3N. The molecule has 0 aliphatic heterocycles. The molecule has 0 bridgehead atoms. The molecule has 0 atom stereocenters. The fourth-order valence-electron chi connectivity index (χ4n) is 0.612. The summed E-state index contributed by atoms with van der Waals surface area (Å²) in [5, 5.41) is 8.62. The highest BCUT2D eigenvalue weighted by Crippen LogP contribution is 2.32. The maximum atomic E-state index is 8.62. The van der Waals surface area contributed by atoms with Crippen LogP contribution in [0.25, 0.3) is 0 Å². The van der Waals surface area contributed by atoms with Crippen molar-refractivity contribution in [3.8, 4) is 6.07 Å². The van der Waals surface area contributed by atoms with E-state index in [2.05, 4.69) is 53.9 Å². The summed E-state index contributed by atoms with van der Waals surface area (Å²) < 4.78 is 2.59. The van der Waals surface area contributed by atoms with Crippen LogP contribution in [0.3, 0.4) is 0 Å². The van der Waals surface area contributed by atoms with Crippen LogP contribution in [0.5, 0.6) is 0 Å². The van der Waals surface area contributed by atoms with Gasteiger partial charge < -0.3 is 0 Å². The second-order valence-corrected chi connectivity index (χ2v) is 4.28. The average molecular weight is 340 g/mol. The van der Waals surface area contributed by atoms with E-state index in [0.29, 0.717) is 5.56 Å². The van der Waals surface area contributed by atoms with Crippen molar-refractivity contribution in [2.45, 2.75) is 0 Å². The van der Waals surface area contributed by atoms with Gasteiger partial charge in [-0.1, -0.05) is 0 Å². The molecule has 0 unspecified atom stereocenters. The van der Waals surface area contributed by atoms with Gasteiger partial charge in [0, 0.05) is 8.95 Å². The van der Waals surface area contributed by atoms with Crippen LogP contribution in [0, 0.1) is 11.3 Å². The number of hydrogen-bond acceptors (Lipinski definition) is 1. The Morgan fingerprint density at radius 2 is 1.73 bits per heavy atom. The molecule has 0 fully saturated rings. The second kappa shape index (κ2) is 3.70. The van der Waals surface area contributed by atoms with E-state index in [1.54, 1.807) is 6.07 Å². The Morgan fingerprint density at radius 3 is 2.27 bits per heavy atom. The number of benzene rings is 1. The van der Waals surface area contributed by atoms with Crippen molar-refractivity contribution in [3.05, 3.63) is 31.1 Å². The molecule has 0 amide bonds. The van der Waals surface area contributed by atoms with E-state index in [4.69, 9.17) is 5.26 Å². The summed E-state index contributed by atoms with van der Waals surface area (Å²) in [5.41, 5.74) is 0.625. The lowest BCUT2D eigenvalue weighted by Gasteiger charge is -1.99. The molecule has 0 heterocycles. The van der Waals surface area contributed by atoms with Gasteiger partial charge in [0.2, 0.25) is 0 Å². The first kappa shape index (κ1) is 9.24. The number of halogens is 3. The summed E-state index contributed by atoms with van der Waals surface area (Å²) in [5.74, 6) is 0. The van der Waals surface area contributed by atoms with Crippen molar-refractivity contribution in [1.82, 2.24) is 0 Å². The van der Waals surface area contributed by atoms with E-state index in [1.165, 1.54) is 0 Å². The molecule has 0 aliphatic rings. The smallest absolute Gasteiger partial charge is 0.100 e. The van der Waals surface area contributed by atoms with Crippen LogP contribution in [-0.4, -0.2) is 0 Å². The van der Waals surface area contributed by atoms with Gasteiger partial charge in [-0.3, -0.25) is 0 Å². The van der Waals surface area contributed by atoms with Crippen molar-refractivity contribution in [2.24, 2.45) is 0 Å². The molecule has 4 heteroatoms. The standard InChI is InChI=1S/C7H2Br3N/c8-5-2-1-4(3-11)6(9)7(5)10/h1-2H. The van der Waals surface area contributed by atoms with Gasteiger partial charge in [-0.05, 0) is 59.9 Å². The van der Waals surface area contributed by atoms with Crippen LogP contribution < -0.4 is 0 Å². The largest absolute Gasteiger partial charge is 0.192 e. The molecule has 1 aromatic rings. The molecule has 0 saturated carbocycles. The number of nitriles is 1. The van der Waals surface area contributed by atoms with E-state index >= 15 is 0 Å². The number of hydrogen-bond donors (Lipinski definition) is 0. The molecule has 56 valence electrons. The second-order valence-electron chi connectivity index (χ2n) is 1.83. The third-order valence-corrected chi connectivity index (χ3v) is 4.53. The fourth-order valence-corrected chi connectivity index (χ4v) is 1.99. The van der Waals surface area contributed by atoms with Crippen LogP contribution in [0.4, 0.5) is 0 Å².